The number of aliphatic carboxylic acids is 1. The van der Waals surface area contributed by atoms with Gasteiger partial charge in [-0.15, -0.1) is 0 Å². The Morgan fingerprint density at radius 2 is 1.89 bits per heavy atom. The molecule has 14 nitrogen and oxygen atoms in total. The Kier molecular flexibility index (Phi) is 11.0. The largest absolute Gasteiger partial charge is 0.490 e. The molecule has 5 atom stereocenters. The van der Waals surface area contributed by atoms with Crippen LogP contribution in [-0.2, 0) is 23.9 Å². The molecule has 0 radical (unpaired) electrons. The van der Waals surface area contributed by atoms with Crippen LogP contribution in [0.3, 0.4) is 0 Å². The van der Waals surface area contributed by atoms with Crippen molar-refractivity contribution in [3.8, 4) is 0 Å². The Morgan fingerprint density at radius 1 is 1.29 bits per heavy atom. The number of rotatable bonds is 8. The fourth-order valence-corrected chi connectivity index (χ4v) is 2.73. The molecule has 35 heavy (non-hydrogen) atoms. The molecule has 0 bridgehead atoms. The van der Waals surface area contributed by atoms with E-state index in [1.807, 2.05) is 4.98 Å². The number of nitrogens with zero attached hydrogens (tertiary/aromatic N) is 1. The number of carboxylic acids is 1. The van der Waals surface area contributed by atoms with Gasteiger partial charge in [0.25, 0.3) is 5.56 Å². The highest BCUT2D eigenvalue weighted by molar-refractivity contribution is 5.82. The Hall–Kier alpha value is -3.28. The molecule has 1 aliphatic heterocycles. The summed E-state index contributed by atoms with van der Waals surface area (Å²) in [7, 11) is 0. The van der Waals surface area contributed by atoms with Gasteiger partial charge in [-0.1, -0.05) is 0 Å². The van der Waals surface area contributed by atoms with Crippen molar-refractivity contribution < 1.29 is 52.3 Å². The second kappa shape index (κ2) is 13.0. The molecule has 0 saturated carbocycles. The molecule has 1 fully saturated rings. The summed E-state index contributed by atoms with van der Waals surface area (Å²) in [6.07, 6.45) is -8.98. The van der Waals surface area contributed by atoms with Gasteiger partial charge in [-0.25, -0.2) is 9.59 Å². The van der Waals surface area contributed by atoms with Crippen molar-refractivity contribution in [3.05, 3.63) is 33.1 Å². The Labute approximate surface area is 194 Å². The number of nitrogens with one attached hydrogen (secondary N) is 2. The SMILES string of the molecule is CCOC(=O)CCC(N)C(=O)NC[C@H]1O[C@@H](n2ccc(=O)[nH]c2=O)C(O)[C@H]1O.O=C(O)C(F)(F)F. The third-order valence-electron chi connectivity index (χ3n) is 4.48. The molecule has 2 unspecified atom stereocenters. The van der Waals surface area contributed by atoms with E-state index in [-0.39, 0.29) is 26.0 Å². The Bertz CT molecular complexity index is 996. The Balaban J connectivity index is 0.000000762. The maximum Gasteiger partial charge on any atom is 0.490 e. The number of aliphatic hydroxyl groups excluding tert-OH is 2. The number of aromatic nitrogens is 2. The number of esters is 1. The minimum absolute atomic E-state index is 0.0130. The number of carboxylic acid groups (broad SMARTS) is 1. The molecule has 17 heteroatoms. The van der Waals surface area contributed by atoms with Crippen LogP contribution in [0.5, 0.6) is 0 Å². The van der Waals surface area contributed by atoms with Crippen molar-refractivity contribution in [2.24, 2.45) is 5.73 Å². The van der Waals surface area contributed by atoms with Crippen molar-refractivity contribution in [1.82, 2.24) is 14.9 Å². The van der Waals surface area contributed by atoms with Gasteiger partial charge in [0, 0.05) is 25.2 Å². The minimum Gasteiger partial charge on any atom is -0.475 e. The summed E-state index contributed by atoms with van der Waals surface area (Å²) in [5, 5.41) is 29.8. The first kappa shape index (κ1) is 29.8. The molecule has 7 N–H and O–H groups in total. The molecule has 1 aromatic heterocycles. The van der Waals surface area contributed by atoms with E-state index < -0.39 is 65.9 Å². The molecule has 2 heterocycles. The topological polar surface area (TPSA) is 223 Å². The van der Waals surface area contributed by atoms with Crippen LogP contribution in [0.1, 0.15) is 26.0 Å². The van der Waals surface area contributed by atoms with Crippen LogP contribution in [-0.4, -0.2) is 86.4 Å². The van der Waals surface area contributed by atoms with Gasteiger partial charge in [-0.3, -0.25) is 23.9 Å². The number of aliphatic hydroxyl groups is 2. The molecule has 1 aromatic rings. The Morgan fingerprint density at radius 3 is 2.40 bits per heavy atom. The predicted octanol–water partition coefficient (Wildman–Crippen LogP) is -2.42. The number of amides is 1. The first-order valence-corrected chi connectivity index (χ1v) is 10.0. The third kappa shape index (κ3) is 9.12. The number of nitrogens with two attached hydrogens (primary N) is 1. The van der Waals surface area contributed by atoms with Crippen molar-refractivity contribution in [2.45, 2.75) is 56.5 Å². The summed E-state index contributed by atoms with van der Waals surface area (Å²) in [4.78, 5) is 57.2. The smallest absolute Gasteiger partial charge is 0.475 e. The number of alkyl halides is 3. The van der Waals surface area contributed by atoms with E-state index in [0.717, 1.165) is 16.8 Å². The van der Waals surface area contributed by atoms with E-state index in [0.29, 0.717) is 0 Å². The normalized spacial score (nSPS) is 22.5. The van der Waals surface area contributed by atoms with Crippen LogP contribution in [0.15, 0.2) is 21.9 Å². The monoisotopic (exact) mass is 514 g/mol. The summed E-state index contributed by atoms with van der Waals surface area (Å²) in [5.74, 6) is -3.79. The van der Waals surface area contributed by atoms with Crippen LogP contribution in [0.2, 0.25) is 0 Å². The van der Waals surface area contributed by atoms with Gasteiger partial charge in [0.1, 0.15) is 18.3 Å². The van der Waals surface area contributed by atoms with Gasteiger partial charge in [0.2, 0.25) is 5.91 Å². The summed E-state index contributed by atoms with van der Waals surface area (Å²) in [6, 6.07) is 0.104. The van der Waals surface area contributed by atoms with E-state index in [9.17, 15) is 42.6 Å². The van der Waals surface area contributed by atoms with Crippen molar-refractivity contribution >= 4 is 17.8 Å². The zero-order chi connectivity index (χ0) is 26.9. The summed E-state index contributed by atoms with van der Waals surface area (Å²) < 4.78 is 42.9. The summed E-state index contributed by atoms with van der Waals surface area (Å²) in [5.41, 5.74) is 4.28. The quantitative estimate of drug-likeness (QED) is 0.200. The van der Waals surface area contributed by atoms with Crippen LogP contribution in [0.4, 0.5) is 13.2 Å². The van der Waals surface area contributed by atoms with Gasteiger partial charge in [0.15, 0.2) is 6.23 Å². The standard InChI is InChI=1S/C16H24N4O8.C2HF3O2/c1-2-27-11(22)4-3-8(17)14(25)18-7-9-12(23)13(24)15(28-9)20-6-5-10(21)19-16(20)26;3-2(4,5)1(6)7/h5-6,8-9,12-13,15,23-24H,2-4,7,17H2,1H3,(H,18,25)(H,19,21,26);(H,6,7)/t8?,9-,12+,13?,15-;/m1./s1. The molecule has 0 aromatic carbocycles. The lowest BCUT2D eigenvalue weighted by molar-refractivity contribution is -0.192. The van der Waals surface area contributed by atoms with Crippen molar-refractivity contribution in [2.75, 3.05) is 13.2 Å². The first-order chi connectivity index (χ1) is 16.2. The lowest BCUT2D eigenvalue weighted by Crippen LogP contribution is -2.46. The van der Waals surface area contributed by atoms with E-state index in [2.05, 4.69) is 5.32 Å². The number of ether oxygens (including phenoxy) is 2. The van der Waals surface area contributed by atoms with Crippen LogP contribution in [0.25, 0.3) is 0 Å². The lowest BCUT2D eigenvalue weighted by atomic mass is 10.1. The maximum absolute atomic E-state index is 12.0. The second-order valence-corrected chi connectivity index (χ2v) is 7.06. The number of aromatic amines is 1. The molecule has 198 valence electrons. The van der Waals surface area contributed by atoms with Crippen LogP contribution >= 0.6 is 0 Å². The van der Waals surface area contributed by atoms with E-state index in [1.54, 1.807) is 6.92 Å². The second-order valence-electron chi connectivity index (χ2n) is 7.06. The highest BCUT2D eigenvalue weighted by Gasteiger charge is 2.44. The molecule has 0 spiro atoms. The molecule has 1 aliphatic rings. The summed E-state index contributed by atoms with van der Waals surface area (Å²) >= 11 is 0. The summed E-state index contributed by atoms with van der Waals surface area (Å²) in [6.45, 7) is 1.72. The molecule has 1 saturated heterocycles. The highest BCUT2D eigenvalue weighted by Crippen LogP contribution is 2.27. The molecule has 0 aliphatic carbocycles. The average molecular weight is 514 g/mol. The average Bonchev–Trinajstić information content (AvgIpc) is 3.04. The van der Waals surface area contributed by atoms with Crippen LogP contribution in [0, 0.1) is 0 Å². The van der Waals surface area contributed by atoms with E-state index in [4.69, 9.17) is 25.1 Å². The zero-order valence-corrected chi connectivity index (χ0v) is 18.2. The maximum atomic E-state index is 12.0. The number of hydrogen-bond acceptors (Lipinski definition) is 10. The number of H-pyrrole nitrogens is 1. The molecular weight excluding hydrogens is 489 g/mol. The molecule has 1 amide bonds. The molecule has 2 rings (SSSR count). The molecular formula is C18H25F3N4O10. The number of hydrogen-bond donors (Lipinski definition) is 6. The van der Waals surface area contributed by atoms with Gasteiger partial charge < -0.3 is 35.8 Å². The van der Waals surface area contributed by atoms with Crippen molar-refractivity contribution in [1.29, 1.82) is 0 Å². The van der Waals surface area contributed by atoms with Gasteiger partial charge in [0.05, 0.1) is 12.6 Å². The third-order valence-corrected chi connectivity index (χ3v) is 4.48. The van der Waals surface area contributed by atoms with Crippen LogP contribution < -0.4 is 22.3 Å². The van der Waals surface area contributed by atoms with E-state index in [1.165, 1.54) is 0 Å². The van der Waals surface area contributed by atoms with Gasteiger partial charge in [-0.2, -0.15) is 13.2 Å². The van der Waals surface area contributed by atoms with Gasteiger partial charge >= 0.3 is 23.8 Å². The van der Waals surface area contributed by atoms with Crippen molar-refractivity contribution in [3.63, 3.8) is 0 Å². The van der Waals surface area contributed by atoms with E-state index >= 15 is 0 Å². The number of carbonyl (C=O) groups is 3. The highest BCUT2D eigenvalue weighted by atomic mass is 19.4. The minimum atomic E-state index is -5.08. The van der Waals surface area contributed by atoms with Gasteiger partial charge in [-0.05, 0) is 13.3 Å². The zero-order valence-electron chi connectivity index (χ0n) is 18.2. The fourth-order valence-electron chi connectivity index (χ4n) is 2.73. The number of carbonyl (C=O) groups excluding carboxylic acids is 2. The first-order valence-electron chi connectivity index (χ1n) is 10.0. The lowest BCUT2D eigenvalue weighted by Gasteiger charge is -2.17. The number of halogens is 3. The predicted molar refractivity (Wildman–Crippen MR) is 108 cm³/mol. The fraction of sp³-hybridized carbons (Fsp3) is 0.611.